The van der Waals surface area contributed by atoms with Gasteiger partial charge in [-0.3, -0.25) is 0 Å². The van der Waals surface area contributed by atoms with Gasteiger partial charge in [0.15, 0.2) is 0 Å². The van der Waals surface area contributed by atoms with Crippen LogP contribution >= 0.6 is 0 Å². The molecule has 0 radical (unpaired) electrons. The van der Waals surface area contributed by atoms with E-state index in [9.17, 15) is 9.18 Å². The van der Waals surface area contributed by atoms with Crippen LogP contribution in [0.2, 0.25) is 0 Å². The summed E-state index contributed by atoms with van der Waals surface area (Å²) in [6.45, 7) is 5.29. The second kappa shape index (κ2) is 6.91. The Morgan fingerprint density at radius 2 is 1.89 bits per heavy atom. The van der Waals surface area contributed by atoms with Gasteiger partial charge in [0.05, 0.1) is 6.04 Å². The Bertz CT molecular complexity index is 995. The molecule has 0 spiro atoms. The molecule has 0 aliphatic carbocycles. The lowest BCUT2D eigenvalue weighted by molar-refractivity contribution is 0.181. The number of nitrogens with one attached hydrogen (secondary N) is 1. The van der Waals surface area contributed by atoms with Crippen molar-refractivity contribution >= 4 is 11.7 Å². The van der Waals surface area contributed by atoms with Gasteiger partial charge >= 0.3 is 6.03 Å². The van der Waals surface area contributed by atoms with Crippen LogP contribution in [0.25, 0.3) is 0 Å². The van der Waals surface area contributed by atoms with Gasteiger partial charge in [0.2, 0.25) is 0 Å². The van der Waals surface area contributed by atoms with E-state index in [1.807, 2.05) is 56.4 Å². The molecule has 2 heterocycles. The molecule has 27 heavy (non-hydrogen) atoms. The number of nitrogens with zero attached hydrogens (tertiary/aromatic N) is 2. The van der Waals surface area contributed by atoms with E-state index in [0.29, 0.717) is 13.1 Å². The smallest absolute Gasteiger partial charge is 0.322 e. The Kier molecular flexibility index (Phi) is 4.44. The van der Waals surface area contributed by atoms with Crippen molar-refractivity contribution in [3.63, 3.8) is 0 Å². The molecular weight excluding hydrogens is 341 g/mol. The SMILES string of the molecule is Cc1cccc(NC(=O)N2CCn3cccc3C2c2cccc(F)c2)c1C. The van der Waals surface area contributed by atoms with E-state index in [2.05, 4.69) is 9.88 Å². The van der Waals surface area contributed by atoms with Gasteiger partial charge < -0.3 is 14.8 Å². The number of anilines is 1. The zero-order valence-electron chi connectivity index (χ0n) is 15.4. The summed E-state index contributed by atoms with van der Waals surface area (Å²) in [6.07, 6.45) is 2.00. The number of carbonyl (C=O) groups excluding carboxylic acids is 1. The lowest BCUT2D eigenvalue weighted by atomic mass is 10.00. The van der Waals surface area contributed by atoms with Crippen molar-refractivity contribution < 1.29 is 9.18 Å². The Labute approximate surface area is 158 Å². The molecule has 0 fully saturated rings. The maximum absolute atomic E-state index is 13.9. The van der Waals surface area contributed by atoms with Crippen molar-refractivity contribution in [2.45, 2.75) is 26.4 Å². The van der Waals surface area contributed by atoms with E-state index < -0.39 is 0 Å². The van der Waals surface area contributed by atoms with Crippen LogP contribution in [-0.2, 0) is 6.54 Å². The maximum atomic E-state index is 13.9. The third-order valence-corrected chi connectivity index (χ3v) is 5.31. The first-order chi connectivity index (χ1) is 13.0. The molecule has 3 aromatic rings. The number of hydrogen-bond acceptors (Lipinski definition) is 1. The van der Waals surface area contributed by atoms with Crippen LogP contribution in [0, 0.1) is 19.7 Å². The van der Waals surface area contributed by atoms with Crippen LogP contribution in [0.15, 0.2) is 60.8 Å². The van der Waals surface area contributed by atoms with Crippen molar-refractivity contribution in [3.05, 3.63) is 89.0 Å². The molecule has 1 atom stereocenters. The first-order valence-corrected chi connectivity index (χ1v) is 9.09. The van der Waals surface area contributed by atoms with Crippen molar-refractivity contribution in [1.29, 1.82) is 0 Å². The molecular formula is C22H22FN3O. The van der Waals surface area contributed by atoms with E-state index >= 15 is 0 Å². The molecule has 1 aromatic heterocycles. The summed E-state index contributed by atoms with van der Waals surface area (Å²) in [5.74, 6) is -0.300. The number of aromatic nitrogens is 1. The molecule has 1 N–H and O–H groups in total. The Balaban J connectivity index is 1.70. The molecule has 4 rings (SSSR count). The normalized spacial score (nSPS) is 16.1. The van der Waals surface area contributed by atoms with Crippen molar-refractivity contribution in [1.82, 2.24) is 9.47 Å². The number of aryl methyl sites for hydroxylation is 1. The third-order valence-electron chi connectivity index (χ3n) is 5.31. The van der Waals surface area contributed by atoms with Gasteiger partial charge in [0.1, 0.15) is 5.82 Å². The molecule has 0 bridgehead atoms. The van der Waals surface area contributed by atoms with Crippen LogP contribution in [0.5, 0.6) is 0 Å². The van der Waals surface area contributed by atoms with Gasteiger partial charge in [-0.15, -0.1) is 0 Å². The Morgan fingerprint density at radius 3 is 2.70 bits per heavy atom. The van der Waals surface area contributed by atoms with E-state index in [-0.39, 0.29) is 17.9 Å². The van der Waals surface area contributed by atoms with Gasteiger partial charge in [-0.1, -0.05) is 24.3 Å². The van der Waals surface area contributed by atoms with Gasteiger partial charge in [-0.05, 0) is 60.9 Å². The standard InChI is InChI=1S/C22H22FN3O/c1-15-6-3-9-19(16(15)2)24-22(27)26-13-12-25-11-5-10-20(25)21(26)17-7-4-8-18(23)14-17/h3-11,14,21H,12-13H2,1-2H3,(H,24,27). The van der Waals surface area contributed by atoms with Crippen molar-refractivity contribution in [2.75, 3.05) is 11.9 Å². The lowest BCUT2D eigenvalue weighted by Crippen LogP contribution is -2.44. The number of hydrogen-bond donors (Lipinski definition) is 1. The molecule has 138 valence electrons. The first kappa shape index (κ1) is 17.3. The third kappa shape index (κ3) is 3.21. The summed E-state index contributed by atoms with van der Waals surface area (Å²) in [5, 5.41) is 3.04. The Hall–Kier alpha value is -3.08. The molecule has 0 saturated carbocycles. The minimum atomic E-state index is -0.324. The molecule has 1 unspecified atom stereocenters. The predicted octanol–water partition coefficient (Wildman–Crippen LogP) is 4.88. The number of fused-ring (bicyclic) bond motifs is 1. The lowest BCUT2D eigenvalue weighted by Gasteiger charge is -2.37. The number of carbonyl (C=O) groups is 1. The van der Waals surface area contributed by atoms with Gasteiger partial charge in [-0.25, -0.2) is 9.18 Å². The van der Waals surface area contributed by atoms with Gasteiger partial charge in [0, 0.05) is 30.7 Å². The van der Waals surface area contributed by atoms with Crippen LogP contribution in [0.1, 0.15) is 28.4 Å². The predicted molar refractivity (Wildman–Crippen MR) is 104 cm³/mol. The highest BCUT2D eigenvalue weighted by atomic mass is 19.1. The van der Waals surface area contributed by atoms with Crippen LogP contribution in [-0.4, -0.2) is 22.0 Å². The van der Waals surface area contributed by atoms with Gasteiger partial charge in [0.25, 0.3) is 0 Å². The summed E-state index contributed by atoms with van der Waals surface area (Å²) in [4.78, 5) is 14.9. The monoisotopic (exact) mass is 363 g/mol. The van der Waals surface area contributed by atoms with Crippen molar-refractivity contribution in [2.24, 2.45) is 0 Å². The largest absolute Gasteiger partial charge is 0.348 e. The Morgan fingerprint density at radius 1 is 1.07 bits per heavy atom. The summed E-state index contributed by atoms with van der Waals surface area (Å²) < 4.78 is 16.0. The minimum Gasteiger partial charge on any atom is -0.348 e. The fourth-order valence-corrected chi connectivity index (χ4v) is 3.70. The molecule has 1 aliphatic heterocycles. The first-order valence-electron chi connectivity index (χ1n) is 9.09. The number of urea groups is 1. The summed E-state index contributed by atoms with van der Waals surface area (Å²) in [5.41, 5.74) is 4.74. The van der Waals surface area contributed by atoms with Crippen LogP contribution in [0.3, 0.4) is 0 Å². The summed E-state index contributed by atoms with van der Waals surface area (Å²) in [6, 6.07) is 15.8. The number of amides is 2. The second-order valence-corrected chi connectivity index (χ2v) is 6.96. The number of halogens is 1. The number of benzene rings is 2. The quantitative estimate of drug-likeness (QED) is 0.692. The molecule has 1 aliphatic rings. The van der Waals surface area contributed by atoms with Gasteiger partial charge in [-0.2, -0.15) is 0 Å². The van der Waals surface area contributed by atoms with E-state index in [1.165, 1.54) is 12.1 Å². The highest BCUT2D eigenvalue weighted by molar-refractivity contribution is 5.91. The average Bonchev–Trinajstić information content (AvgIpc) is 3.13. The highest BCUT2D eigenvalue weighted by Gasteiger charge is 2.32. The number of rotatable bonds is 2. The molecule has 4 nitrogen and oxygen atoms in total. The van der Waals surface area contributed by atoms with E-state index in [0.717, 1.165) is 28.1 Å². The fraction of sp³-hybridized carbons (Fsp3) is 0.227. The van der Waals surface area contributed by atoms with E-state index in [1.54, 1.807) is 11.0 Å². The summed E-state index contributed by atoms with van der Waals surface area (Å²) in [7, 11) is 0. The average molecular weight is 363 g/mol. The molecule has 5 heteroatoms. The van der Waals surface area contributed by atoms with Crippen LogP contribution in [0.4, 0.5) is 14.9 Å². The second-order valence-electron chi connectivity index (χ2n) is 6.96. The van der Waals surface area contributed by atoms with E-state index in [4.69, 9.17) is 0 Å². The molecule has 0 saturated heterocycles. The van der Waals surface area contributed by atoms with Crippen LogP contribution < -0.4 is 5.32 Å². The zero-order valence-corrected chi connectivity index (χ0v) is 15.4. The zero-order chi connectivity index (χ0) is 19.0. The topological polar surface area (TPSA) is 37.3 Å². The van der Waals surface area contributed by atoms with Crippen molar-refractivity contribution in [3.8, 4) is 0 Å². The fourth-order valence-electron chi connectivity index (χ4n) is 3.70. The maximum Gasteiger partial charge on any atom is 0.322 e. The minimum absolute atomic E-state index is 0.176. The summed E-state index contributed by atoms with van der Waals surface area (Å²) >= 11 is 0. The molecule has 2 aromatic carbocycles. The highest BCUT2D eigenvalue weighted by Crippen LogP contribution is 2.33. The molecule has 2 amide bonds.